The van der Waals surface area contributed by atoms with E-state index in [1.807, 2.05) is 143 Å². The van der Waals surface area contributed by atoms with Gasteiger partial charge < -0.3 is 32.8 Å². The lowest BCUT2D eigenvalue weighted by atomic mass is 9.74. The summed E-state index contributed by atoms with van der Waals surface area (Å²) in [6.07, 6.45) is 10.4. The number of benzene rings is 5. The fourth-order valence-electron chi connectivity index (χ4n) is 12.1. The molecule has 0 saturated carbocycles. The molecule has 4 aliphatic heterocycles. The number of halogens is 3. The van der Waals surface area contributed by atoms with E-state index in [0.717, 1.165) is 94.3 Å². The second-order valence-electron chi connectivity index (χ2n) is 25.4. The molecule has 7 aromatic rings. The third-order valence-corrected chi connectivity index (χ3v) is 18.8. The van der Waals surface area contributed by atoms with Gasteiger partial charge in [0.05, 0.1) is 50.4 Å². The Morgan fingerprint density at radius 1 is 0.634 bits per heavy atom. The number of carbonyl (C=O) groups excluding carboxylic acids is 1. The SMILES string of the molecule is CC1=CC(=C2C=CC(B3OC(C)(C)C(C)(C)O3)=CC2)N(c2ccc3c(ccc4cc(B5OC(C)(C)C(C)(Cc6ccc7c(c6)C(=O)c6cccc8c(B9OC(C)(C)C(C)(C)O9)cnc-7c68)O5)cnc43)c2)C=C1c1cccc(C(F)(F)F)c1. The maximum Gasteiger partial charge on any atom is 0.497 e. The van der Waals surface area contributed by atoms with E-state index < -0.39 is 66.7 Å². The first-order chi connectivity index (χ1) is 38.6. The van der Waals surface area contributed by atoms with Gasteiger partial charge in [-0.15, -0.1) is 0 Å². The van der Waals surface area contributed by atoms with Gasteiger partial charge in [0.1, 0.15) is 0 Å². The predicted molar refractivity (Wildman–Crippen MR) is 320 cm³/mol. The van der Waals surface area contributed by atoms with Crippen molar-refractivity contribution in [2.75, 3.05) is 4.90 Å². The number of anilines is 1. The molecular formula is C66H63B3F3N3O7. The molecule has 2 aliphatic carbocycles. The van der Waals surface area contributed by atoms with Crippen LogP contribution in [0.15, 0.2) is 162 Å². The van der Waals surface area contributed by atoms with Crippen molar-refractivity contribution in [1.82, 2.24) is 9.97 Å². The first-order valence-electron chi connectivity index (χ1n) is 28.1. The van der Waals surface area contributed by atoms with Gasteiger partial charge in [-0.05, 0) is 164 Å². The number of allylic oxidation sites excluding steroid dienone is 8. The van der Waals surface area contributed by atoms with Crippen molar-refractivity contribution in [3.05, 3.63) is 190 Å². The van der Waals surface area contributed by atoms with Crippen molar-refractivity contribution in [2.45, 2.75) is 136 Å². The third-order valence-electron chi connectivity index (χ3n) is 18.8. The number of alkyl halides is 3. The minimum atomic E-state index is -4.49. The van der Waals surface area contributed by atoms with Gasteiger partial charge in [-0.2, -0.15) is 13.2 Å². The van der Waals surface area contributed by atoms with E-state index in [-0.39, 0.29) is 5.78 Å². The molecule has 5 aromatic carbocycles. The topological polar surface area (TPSA) is 101 Å². The van der Waals surface area contributed by atoms with Crippen molar-refractivity contribution in [3.63, 3.8) is 0 Å². The van der Waals surface area contributed by atoms with Crippen LogP contribution in [0.2, 0.25) is 0 Å². The van der Waals surface area contributed by atoms with Crippen LogP contribution in [0.3, 0.4) is 0 Å². The summed E-state index contributed by atoms with van der Waals surface area (Å²) in [4.78, 5) is 26.6. The molecule has 3 fully saturated rings. The first kappa shape index (κ1) is 54.4. The van der Waals surface area contributed by atoms with Gasteiger partial charge in [-0.3, -0.25) is 14.8 Å². The number of pyridine rings is 2. The van der Waals surface area contributed by atoms with Crippen molar-refractivity contribution in [1.29, 1.82) is 0 Å². The Morgan fingerprint density at radius 3 is 2.04 bits per heavy atom. The predicted octanol–water partition coefficient (Wildman–Crippen LogP) is 13.6. The average Bonchev–Trinajstić information content (AvgIpc) is 3.37. The summed E-state index contributed by atoms with van der Waals surface area (Å²) >= 11 is 0. The van der Waals surface area contributed by atoms with E-state index in [9.17, 15) is 18.0 Å². The first-order valence-corrected chi connectivity index (χ1v) is 28.1. The third kappa shape index (κ3) is 8.77. The van der Waals surface area contributed by atoms with Gasteiger partial charge >= 0.3 is 27.5 Å². The molecule has 414 valence electrons. The summed E-state index contributed by atoms with van der Waals surface area (Å²) < 4.78 is 81.5. The van der Waals surface area contributed by atoms with Gasteiger partial charge in [0, 0.05) is 85.7 Å². The van der Waals surface area contributed by atoms with E-state index >= 15 is 0 Å². The van der Waals surface area contributed by atoms with E-state index in [2.05, 4.69) is 60.4 Å². The monoisotopic (exact) mass is 1100 g/mol. The molecule has 0 bridgehead atoms. The maximum atomic E-state index is 14.5. The summed E-state index contributed by atoms with van der Waals surface area (Å²) in [5.74, 6) is -0.0658. The number of rotatable bonds is 7. The summed E-state index contributed by atoms with van der Waals surface area (Å²) in [6.45, 7) is 24.3. The van der Waals surface area contributed by atoms with Gasteiger partial charge in [0.25, 0.3) is 0 Å². The second-order valence-corrected chi connectivity index (χ2v) is 25.4. The summed E-state index contributed by atoms with van der Waals surface area (Å²) in [5.41, 5.74) is 7.39. The van der Waals surface area contributed by atoms with E-state index in [1.165, 1.54) is 12.1 Å². The highest BCUT2D eigenvalue weighted by Crippen LogP contribution is 2.46. The zero-order chi connectivity index (χ0) is 57.8. The number of nitrogens with zero attached hydrogens (tertiary/aromatic N) is 3. The Morgan fingerprint density at radius 2 is 1.33 bits per heavy atom. The Bertz CT molecular complexity index is 4050. The fourth-order valence-corrected chi connectivity index (χ4v) is 12.1. The molecule has 0 spiro atoms. The number of hydrogen-bond donors (Lipinski definition) is 0. The Hall–Kier alpha value is -6.91. The van der Waals surface area contributed by atoms with Crippen LogP contribution in [0.5, 0.6) is 0 Å². The van der Waals surface area contributed by atoms with Gasteiger partial charge in [0.2, 0.25) is 0 Å². The van der Waals surface area contributed by atoms with Crippen LogP contribution in [0.1, 0.15) is 122 Å². The van der Waals surface area contributed by atoms with Crippen molar-refractivity contribution in [3.8, 4) is 11.3 Å². The molecule has 6 aliphatic rings. The van der Waals surface area contributed by atoms with Crippen molar-refractivity contribution >= 4 is 81.8 Å². The summed E-state index contributed by atoms with van der Waals surface area (Å²) in [7, 11) is -1.86. The normalized spacial score (nSPS) is 23.3. The molecule has 6 heterocycles. The molecule has 82 heavy (non-hydrogen) atoms. The highest BCUT2D eigenvalue weighted by Gasteiger charge is 2.56. The molecule has 1 unspecified atom stereocenters. The Labute approximate surface area is 477 Å². The summed E-state index contributed by atoms with van der Waals surface area (Å²) in [5, 5.41) is 4.45. The van der Waals surface area contributed by atoms with Crippen LogP contribution in [-0.2, 0) is 40.5 Å². The molecular weight excluding hydrogens is 1040 g/mol. The van der Waals surface area contributed by atoms with Gasteiger partial charge in [-0.25, -0.2) is 0 Å². The lowest BCUT2D eigenvalue weighted by molar-refractivity contribution is -0.137. The largest absolute Gasteiger partial charge is 0.497 e. The zero-order valence-corrected chi connectivity index (χ0v) is 48.3. The smallest absolute Gasteiger partial charge is 0.399 e. The molecule has 16 heteroatoms. The second kappa shape index (κ2) is 18.5. The molecule has 0 N–H and O–H groups in total. The molecule has 3 saturated heterocycles. The van der Waals surface area contributed by atoms with Gasteiger partial charge in [-0.1, -0.05) is 85.0 Å². The highest BCUT2D eigenvalue weighted by atomic mass is 19.4. The molecule has 10 nitrogen and oxygen atoms in total. The average molecular weight is 1100 g/mol. The minimum Gasteiger partial charge on any atom is -0.399 e. The van der Waals surface area contributed by atoms with E-state index in [1.54, 1.807) is 6.07 Å². The lowest BCUT2D eigenvalue weighted by Crippen LogP contribution is -2.46. The molecule has 1 atom stereocenters. The Kier molecular flexibility index (Phi) is 12.3. The van der Waals surface area contributed by atoms with Crippen LogP contribution in [0.4, 0.5) is 18.9 Å². The Balaban J connectivity index is 0.778. The molecule has 0 radical (unpaired) electrons. The van der Waals surface area contributed by atoms with Crippen LogP contribution in [0.25, 0.3) is 49.3 Å². The van der Waals surface area contributed by atoms with Crippen LogP contribution >= 0.6 is 0 Å². The number of fused-ring (bicyclic) bond motifs is 5. The quantitative estimate of drug-likeness (QED) is 0.113. The van der Waals surface area contributed by atoms with Crippen LogP contribution in [0, 0.1) is 0 Å². The molecule has 0 amide bonds. The zero-order valence-electron chi connectivity index (χ0n) is 48.3. The number of carbonyl (C=O) groups is 1. The minimum absolute atomic E-state index is 0.0658. The van der Waals surface area contributed by atoms with Crippen LogP contribution < -0.4 is 15.8 Å². The van der Waals surface area contributed by atoms with Crippen molar-refractivity contribution < 1.29 is 45.9 Å². The number of ketones is 1. The standard InChI is InChI=1S/C66H63B3F3N3O7/c1-38-29-55(40-22-24-45(25-23-40)67-77-60(2,3)61(4,5)78-67)75(37-53(38)41-15-13-16-44(31-41)66(70,71)72)47-26-28-48-42(33-47)20-21-43-32-46(35-73-57(43)48)68-81-64(10,11)65(12,82-68)34-39-19-27-49-52(30-39)59(76)51-18-14-17-50-54(36-74-58(49)56(50)51)69-79-62(6,7)63(8,9)80-69/h13-22,24-33,35-37H,23,34H2,1-12H3. The molecule has 13 rings (SSSR count). The lowest BCUT2D eigenvalue weighted by Gasteiger charge is -2.36. The fraction of sp³-hybridized carbons (Fsp3) is 0.318. The summed E-state index contributed by atoms with van der Waals surface area (Å²) in [6, 6.07) is 29.7. The van der Waals surface area contributed by atoms with Crippen LogP contribution in [-0.4, -0.2) is 70.7 Å². The van der Waals surface area contributed by atoms with Crippen molar-refractivity contribution in [2.24, 2.45) is 0 Å². The number of aromatic nitrogens is 2. The molecule has 2 aromatic heterocycles. The number of hydrogen-bond acceptors (Lipinski definition) is 10. The maximum absolute atomic E-state index is 14.5. The highest BCUT2D eigenvalue weighted by molar-refractivity contribution is 6.65. The van der Waals surface area contributed by atoms with Gasteiger partial charge in [0.15, 0.2) is 5.78 Å². The van der Waals surface area contributed by atoms with E-state index in [4.69, 9.17) is 37.9 Å². The van der Waals surface area contributed by atoms with E-state index in [0.29, 0.717) is 35.1 Å².